The molecule has 0 aliphatic rings. The second-order valence-corrected chi connectivity index (χ2v) is 7.82. The zero-order chi connectivity index (χ0) is 26.2. The van der Waals surface area contributed by atoms with Gasteiger partial charge in [-0.15, -0.1) is 0 Å². The van der Waals surface area contributed by atoms with Gasteiger partial charge >= 0.3 is 5.97 Å². The van der Waals surface area contributed by atoms with Gasteiger partial charge < -0.3 is 4.74 Å². The standard InChI is InChI=1S/C29H19FN2O5/c30-24-11-4-20(5-12-24)8-17-28(33)22-9-13-25(14-10-22)31-19-21-6-15-27(16-7-21)37-29(34)23-2-1-3-26(18-23)32(35)36/h1-19H/b17-8+,31-19?. The number of benzene rings is 4. The van der Waals surface area contributed by atoms with Crippen molar-refractivity contribution in [3.05, 3.63) is 141 Å². The third-order valence-electron chi connectivity index (χ3n) is 5.20. The van der Waals surface area contributed by atoms with E-state index >= 15 is 0 Å². The molecular formula is C29H19FN2O5. The molecule has 0 fully saturated rings. The Balaban J connectivity index is 1.34. The van der Waals surface area contributed by atoms with Crippen molar-refractivity contribution < 1.29 is 23.6 Å². The van der Waals surface area contributed by atoms with Crippen LogP contribution in [0.5, 0.6) is 5.75 Å². The predicted molar refractivity (Wildman–Crippen MR) is 138 cm³/mol. The zero-order valence-electron chi connectivity index (χ0n) is 19.3. The van der Waals surface area contributed by atoms with Crippen molar-refractivity contribution in [3.63, 3.8) is 0 Å². The van der Waals surface area contributed by atoms with Crippen LogP contribution in [0.15, 0.2) is 108 Å². The van der Waals surface area contributed by atoms with Crippen LogP contribution < -0.4 is 4.74 Å². The van der Waals surface area contributed by atoms with Crippen molar-refractivity contribution >= 4 is 35.4 Å². The van der Waals surface area contributed by atoms with Crippen LogP contribution in [0.1, 0.15) is 31.8 Å². The van der Waals surface area contributed by atoms with Gasteiger partial charge in [-0.1, -0.05) is 24.3 Å². The molecule has 0 amide bonds. The van der Waals surface area contributed by atoms with Crippen molar-refractivity contribution in [1.29, 1.82) is 0 Å². The van der Waals surface area contributed by atoms with Crippen LogP contribution in [0.25, 0.3) is 6.08 Å². The first-order chi connectivity index (χ1) is 17.9. The van der Waals surface area contributed by atoms with Crippen LogP contribution in [0, 0.1) is 15.9 Å². The fraction of sp³-hybridized carbons (Fsp3) is 0. The number of hydrogen-bond donors (Lipinski definition) is 0. The lowest BCUT2D eigenvalue weighted by atomic mass is 10.1. The number of nitrogens with zero attached hydrogens (tertiary/aromatic N) is 2. The Bertz CT molecular complexity index is 1490. The molecule has 4 rings (SSSR count). The van der Waals surface area contributed by atoms with Crippen molar-refractivity contribution in [2.24, 2.45) is 4.99 Å². The number of halogens is 1. The van der Waals surface area contributed by atoms with E-state index in [-0.39, 0.29) is 28.6 Å². The van der Waals surface area contributed by atoms with Gasteiger partial charge in [-0.25, -0.2) is 9.18 Å². The Morgan fingerprint density at radius 1 is 0.838 bits per heavy atom. The molecule has 0 saturated heterocycles. The number of ether oxygens (including phenoxy) is 1. The molecule has 37 heavy (non-hydrogen) atoms. The molecule has 0 spiro atoms. The molecule has 0 aliphatic heterocycles. The minimum absolute atomic E-state index is 0.0766. The van der Waals surface area contributed by atoms with Crippen molar-refractivity contribution in [3.8, 4) is 5.75 Å². The van der Waals surface area contributed by atoms with Gasteiger partial charge in [-0.2, -0.15) is 0 Å². The van der Waals surface area contributed by atoms with Gasteiger partial charge in [0.2, 0.25) is 0 Å². The lowest BCUT2D eigenvalue weighted by Crippen LogP contribution is -2.08. The molecule has 0 N–H and O–H groups in total. The van der Waals surface area contributed by atoms with Crippen LogP contribution in [0.4, 0.5) is 15.8 Å². The summed E-state index contributed by atoms with van der Waals surface area (Å²) < 4.78 is 18.3. The maximum atomic E-state index is 13.0. The number of non-ortho nitro benzene ring substituents is 1. The second-order valence-electron chi connectivity index (χ2n) is 7.82. The molecule has 0 atom stereocenters. The van der Waals surface area contributed by atoms with E-state index in [2.05, 4.69) is 4.99 Å². The van der Waals surface area contributed by atoms with E-state index < -0.39 is 10.9 Å². The lowest BCUT2D eigenvalue weighted by molar-refractivity contribution is -0.384. The number of nitro benzene ring substituents is 1. The first-order valence-corrected chi connectivity index (χ1v) is 11.1. The van der Waals surface area contributed by atoms with E-state index in [0.717, 1.165) is 17.2 Å². The Morgan fingerprint density at radius 2 is 1.51 bits per heavy atom. The molecule has 4 aromatic rings. The van der Waals surface area contributed by atoms with Gasteiger partial charge in [0.05, 0.1) is 16.2 Å². The monoisotopic (exact) mass is 494 g/mol. The Morgan fingerprint density at radius 3 is 2.19 bits per heavy atom. The van der Waals surface area contributed by atoms with Crippen LogP contribution >= 0.6 is 0 Å². The molecule has 0 aliphatic carbocycles. The molecule has 0 radical (unpaired) electrons. The van der Waals surface area contributed by atoms with Crippen molar-refractivity contribution in [2.75, 3.05) is 0 Å². The highest BCUT2D eigenvalue weighted by molar-refractivity contribution is 6.07. The van der Waals surface area contributed by atoms with Gasteiger partial charge in [0.1, 0.15) is 11.6 Å². The molecule has 0 heterocycles. The maximum Gasteiger partial charge on any atom is 0.343 e. The third kappa shape index (κ3) is 6.89. The summed E-state index contributed by atoms with van der Waals surface area (Å²) >= 11 is 0. The van der Waals surface area contributed by atoms with Crippen LogP contribution in [0.3, 0.4) is 0 Å². The smallest absolute Gasteiger partial charge is 0.343 e. The SMILES string of the molecule is O=C(/C=C/c1ccc(F)cc1)c1ccc(N=Cc2ccc(OC(=O)c3cccc([N+](=O)[O-])c3)cc2)cc1. The summed E-state index contributed by atoms with van der Waals surface area (Å²) in [6.07, 6.45) is 4.68. The topological polar surface area (TPSA) is 98.9 Å². The predicted octanol–water partition coefficient (Wildman–Crippen LogP) is 6.60. The number of allylic oxidation sites excluding steroid dienone is 1. The molecular weight excluding hydrogens is 475 g/mol. The number of carbonyl (C=O) groups is 2. The average Bonchev–Trinajstić information content (AvgIpc) is 2.92. The van der Waals surface area contributed by atoms with E-state index in [1.165, 1.54) is 36.4 Å². The van der Waals surface area contributed by atoms with E-state index in [4.69, 9.17) is 4.74 Å². The highest BCUT2D eigenvalue weighted by Gasteiger charge is 2.13. The first kappa shape index (κ1) is 24.9. The second kappa shape index (κ2) is 11.5. The summed E-state index contributed by atoms with van der Waals surface area (Å²) in [5.74, 6) is -0.940. The average molecular weight is 494 g/mol. The van der Waals surface area contributed by atoms with E-state index in [1.807, 2.05) is 0 Å². The summed E-state index contributed by atoms with van der Waals surface area (Å²) in [7, 11) is 0. The number of carbonyl (C=O) groups excluding carboxylic acids is 2. The summed E-state index contributed by atoms with van der Waals surface area (Å²) in [5.41, 5.74) is 2.48. The number of aliphatic imine (C=N–C) groups is 1. The van der Waals surface area contributed by atoms with Gasteiger partial charge in [0, 0.05) is 23.9 Å². The molecule has 4 aromatic carbocycles. The van der Waals surface area contributed by atoms with Gasteiger partial charge in [0.25, 0.3) is 5.69 Å². The number of hydrogen-bond acceptors (Lipinski definition) is 6. The quantitative estimate of drug-likeness (QED) is 0.0523. The summed E-state index contributed by atoms with van der Waals surface area (Å²) in [6.45, 7) is 0. The Kier molecular flexibility index (Phi) is 7.70. The van der Waals surface area contributed by atoms with E-state index in [9.17, 15) is 24.1 Å². The van der Waals surface area contributed by atoms with Crippen molar-refractivity contribution in [2.45, 2.75) is 0 Å². The molecule has 182 valence electrons. The molecule has 8 heteroatoms. The molecule has 0 unspecified atom stereocenters. The Hall–Kier alpha value is -5.24. The summed E-state index contributed by atoms with van der Waals surface area (Å²) in [4.78, 5) is 39.3. The highest BCUT2D eigenvalue weighted by Crippen LogP contribution is 2.18. The number of rotatable bonds is 8. The summed E-state index contributed by atoms with van der Waals surface area (Å²) in [6, 6.07) is 24.5. The van der Waals surface area contributed by atoms with Gasteiger partial charge in [-0.05, 0) is 83.9 Å². The fourth-order valence-corrected chi connectivity index (χ4v) is 3.24. The van der Waals surface area contributed by atoms with Crippen LogP contribution in [-0.4, -0.2) is 22.9 Å². The molecule has 0 saturated carbocycles. The minimum atomic E-state index is -0.702. The lowest BCUT2D eigenvalue weighted by Gasteiger charge is -2.04. The number of ketones is 1. The highest BCUT2D eigenvalue weighted by atomic mass is 19.1. The Labute approximate surface area is 211 Å². The molecule has 7 nitrogen and oxygen atoms in total. The van der Waals surface area contributed by atoms with Crippen LogP contribution in [0.2, 0.25) is 0 Å². The first-order valence-electron chi connectivity index (χ1n) is 11.1. The van der Waals surface area contributed by atoms with Crippen molar-refractivity contribution in [1.82, 2.24) is 0 Å². The minimum Gasteiger partial charge on any atom is -0.423 e. The summed E-state index contributed by atoms with van der Waals surface area (Å²) in [5, 5.41) is 10.9. The largest absolute Gasteiger partial charge is 0.423 e. The van der Waals surface area contributed by atoms with Crippen LogP contribution in [-0.2, 0) is 0 Å². The van der Waals surface area contributed by atoms with E-state index in [0.29, 0.717) is 11.3 Å². The normalized spacial score (nSPS) is 11.1. The zero-order valence-corrected chi connectivity index (χ0v) is 19.3. The van der Waals surface area contributed by atoms with Gasteiger partial charge in [-0.3, -0.25) is 19.9 Å². The molecule has 0 aromatic heterocycles. The number of nitro groups is 1. The number of esters is 1. The fourth-order valence-electron chi connectivity index (χ4n) is 3.24. The third-order valence-corrected chi connectivity index (χ3v) is 5.20. The molecule has 0 bridgehead atoms. The van der Waals surface area contributed by atoms with Gasteiger partial charge in [0.15, 0.2) is 5.78 Å². The maximum absolute atomic E-state index is 13.0. The van der Waals surface area contributed by atoms with E-state index in [1.54, 1.807) is 73.0 Å².